The van der Waals surface area contributed by atoms with Gasteiger partial charge in [-0.3, -0.25) is 4.79 Å². The molecule has 0 bridgehead atoms. The van der Waals surface area contributed by atoms with E-state index >= 15 is 0 Å². The van der Waals surface area contributed by atoms with E-state index in [0.717, 1.165) is 37.5 Å². The van der Waals surface area contributed by atoms with Crippen molar-refractivity contribution in [3.63, 3.8) is 0 Å². The van der Waals surface area contributed by atoms with Crippen LogP contribution in [0.1, 0.15) is 13.3 Å². The SMILES string of the molecule is CC(Sc1ccccc1Cl)C(=O)N1CCCNCC1. The molecule has 1 fully saturated rings. The average Bonchev–Trinajstić information content (AvgIpc) is 2.69. The summed E-state index contributed by atoms with van der Waals surface area (Å²) in [5, 5.41) is 3.92. The minimum absolute atomic E-state index is 0.0991. The minimum Gasteiger partial charge on any atom is -0.340 e. The lowest BCUT2D eigenvalue weighted by molar-refractivity contribution is -0.130. The zero-order valence-electron chi connectivity index (χ0n) is 11.1. The van der Waals surface area contributed by atoms with Crippen LogP contribution in [0.4, 0.5) is 0 Å². The maximum Gasteiger partial charge on any atom is 0.235 e. The largest absolute Gasteiger partial charge is 0.340 e. The molecule has 5 heteroatoms. The van der Waals surface area contributed by atoms with Gasteiger partial charge in [-0.2, -0.15) is 0 Å². The van der Waals surface area contributed by atoms with E-state index in [4.69, 9.17) is 11.6 Å². The van der Waals surface area contributed by atoms with Crippen molar-refractivity contribution in [2.75, 3.05) is 26.2 Å². The number of rotatable bonds is 3. The van der Waals surface area contributed by atoms with Crippen LogP contribution in [0.3, 0.4) is 0 Å². The smallest absolute Gasteiger partial charge is 0.235 e. The standard InChI is InChI=1S/C14H19ClN2OS/c1-11(19-13-6-3-2-5-12(13)15)14(18)17-9-4-7-16-8-10-17/h2-3,5-6,11,16H,4,7-10H2,1H3. The average molecular weight is 299 g/mol. The number of thioether (sulfide) groups is 1. The van der Waals surface area contributed by atoms with Gasteiger partial charge in [-0.05, 0) is 32.0 Å². The van der Waals surface area contributed by atoms with Gasteiger partial charge in [0.2, 0.25) is 5.91 Å². The fourth-order valence-electron chi connectivity index (χ4n) is 2.10. The van der Waals surface area contributed by atoms with Gasteiger partial charge in [-0.25, -0.2) is 0 Å². The van der Waals surface area contributed by atoms with Gasteiger partial charge in [-0.15, -0.1) is 11.8 Å². The molecule has 1 heterocycles. The Kier molecular flexibility index (Phi) is 5.55. The summed E-state index contributed by atoms with van der Waals surface area (Å²) in [5.41, 5.74) is 0. The molecular formula is C14H19ClN2OS. The summed E-state index contributed by atoms with van der Waals surface area (Å²) in [6.07, 6.45) is 1.02. The number of hydrogen-bond acceptors (Lipinski definition) is 3. The van der Waals surface area contributed by atoms with Crippen molar-refractivity contribution in [3.8, 4) is 0 Å². The Bertz CT molecular complexity index is 433. The van der Waals surface area contributed by atoms with Crippen molar-refractivity contribution < 1.29 is 4.79 Å². The second-order valence-electron chi connectivity index (χ2n) is 4.62. The van der Waals surface area contributed by atoms with Crippen LogP contribution in [-0.4, -0.2) is 42.2 Å². The van der Waals surface area contributed by atoms with Crippen LogP contribution >= 0.6 is 23.4 Å². The number of nitrogens with one attached hydrogen (secondary N) is 1. The van der Waals surface area contributed by atoms with Crippen molar-refractivity contribution in [1.82, 2.24) is 10.2 Å². The first-order valence-corrected chi connectivity index (χ1v) is 7.85. The van der Waals surface area contributed by atoms with E-state index in [-0.39, 0.29) is 11.2 Å². The molecule has 104 valence electrons. The van der Waals surface area contributed by atoms with Crippen LogP contribution in [-0.2, 0) is 4.79 Å². The van der Waals surface area contributed by atoms with Crippen molar-refractivity contribution in [3.05, 3.63) is 29.3 Å². The van der Waals surface area contributed by atoms with Gasteiger partial charge >= 0.3 is 0 Å². The van der Waals surface area contributed by atoms with Gasteiger partial charge in [-0.1, -0.05) is 23.7 Å². The zero-order chi connectivity index (χ0) is 13.7. The van der Waals surface area contributed by atoms with Crippen molar-refractivity contribution in [2.45, 2.75) is 23.5 Å². The highest BCUT2D eigenvalue weighted by atomic mass is 35.5. The Morgan fingerprint density at radius 1 is 1.37 bits per heavy atom. The predicted molar refractivity (Wildman–Crippen MR) is 80.8 cm³/mol. The quantitative estimate of drug-likeness (QED) is 0.871. The van der Waals surface area contributed by atoms with E-state index in [1.165, 1.54) is 11.8 Å². The third-order valence-corrected chi connectivity index (χ3v) is 4.75. The summed E-state index contributed by atoms with van der Waals surface area (Å²) in [7, 11) is 0. The number of halogens is 1. The Morgan fingerprint density at radius 3 is 2.95 bits per heavy atom. The molecule has 1 aromatic carbocycles. The fraction of sp³-hybridized carbons (Fsp3) is 0.500. The Labute approximate surface area is 123 Å². The third-order valence-electron chi connectivity index (χ3n) is 3.14. The lowest BCUT2D eigenvalue weighted by Crippen LogP contribution is -2.38. The molecule has 0 aliphatic carbocycles. The Hall–Kier alpha value is -0.710. The lowest BCUT2D eigenvalue weighted by atomic mass is 10.3. The molecule has 2 rings (SSSR count). The molecule has 1 amide bonds. The molecule has 1 aliphatic rings. The first kappa shape index (κ1) is 14.7. The fourth-order valence-corrected chi connectivity index (χ4v) is 3.34. The van der Waals surface area contributed by atoms with E-state index in [1.807, 2.05) is 36.1 Å². The van der Waals surface area contributed by atoms with Crippen LogP contribution in [0.15, 0.2) is 29.2 Å². The van der Waals surface area contributed by atoms with Gasteiger partial charge in [0, 0.05) is 24.5 Å². The first-order chi connectivity index (χ1) is 9.18. The number of amides is 1. The van der Waals surface area contributed by atoms with E-state index in [2.05, 4.69) is 5.32 Å². The van der Waals surface area contributed by atoms with E-state index in [0.29, 0.717) is 5.02 Å². The van der Waals surface area contributed by atoms with Gasteiger partial charge in [0.25, 0.3) is 0 Å². The number of carbonyl (C=O) groups excluding carboxylic acids is 1. The molecule has 0 aromatic heterocycles. The topological polar surface area (TPSA) is 32.3 Å². The van der Waals surface area contributed by atoms with Crippen molar-refractivity contribution in [2.24, 2.45) is 0 Å². The highest BCUT2D eigenvalue weighted by Crippen LogP contribution is 2.30. The predicted octanol–water partition coefficient (Wildman–Crippen LogP) is 2.64. The lowest BCUT2D eigenvalue weighted by Gasteiger charge is -2.23. The summed E-state index contributed by atoms with van der Waals surface area (Å²) < 4.78 is 0. The van der Waals surface area contributed by atoms with Gasteiger partial charge < -0.3 is 10.2 Å². The second kappa shape index (κ2) is 7.17. The molecule has 0 radical (unpaired) electrons. The normalized spacial score (nSPS) is 17.9. The van der Waals surface area contributed by atoms with Crippen LogP contribution < -0.4 is 5.32 Å². The highest BCUT2D eigenvalue weighted by Gasteiger charge is 2.22. The molecule has 0 saturated carbocycles. The number of carbonyl (C=O) groups is 1. The second-order valence-corrected chi connectivity index (χ2v) is 6.41. The summed E-state index contributed by atoms with van der Waals surface area (Å²) >= 11 is 7.66. The van der Waals surface area contributed by atoms with Crippen LogP contribution in [0.25, 0.3) is 0 Å². The summed E-state index contributed by atoms with van der Waals surface area (Å²) in [4.78, 5) is 15.3. The molecule has 1 N–H and O–H groups in total. The molecule has 1 saturated heterocycles. The molecular weight excluding hydrogens is 280 g/mol. The van der Waals surface area contributed by atoms with E-state index in [1.54, 1.807) is 0 Å². The summed E-state index contributed by atoms with van der Waals surface area (Å²) in [6, 6.07) is 7.66. The van der Waals surface area contributed by atoms with Crippen LogP contribution in [0.2, 0.25) is 5.02 Å². The van der Waals surface area contributed by atoms with Crippen LogP contribution in [0, 0.1) is 0 Å². The molecule has 3 nitrogen and oxygen atoms in total. The molecule has 1 atom stereocenters. The van der Waals surface area contributed by atoms with Crippen molar-refractivity contribution >= 4 is 29.3 Å². The third kappa shape index (κ3) is 4.13. The van der Waals surface area contributed by atoms with E-state index in [9.17, 15) is 4.79 Å². The number of nitrogens with zero attached hydrogens (tertiary/aromatic N) is 1. The molecule has 1 aliphatic heterocycles. The Morgan fingerprint density at radius 2 is 2.16 bits per heavy atom. The molecule has 19 heavy (non-hydrogen) atoms. The van der Waals surface area contributed by atoms with Gasteiger partial charge in [0.05, 0.1) is 10.3 Å². The molecule has 1 unspecified atom stereocenters. The van der Waals surface area contributed by atoms with E-state index < -0.39 is 0 Å². The molecule has 1 aromatic rings. The van der Waals surface area contributed by atoms with Gasteiger partial charge in [0.15, 0.2) is 0 Å². The van der Waals surface area contributed by atoms with Crippen LogP contribution in [0.5, 0.6) is 0 Å². The van der Waals surface area contributed by atoms with Crippen molar-refractivity contribution in [1.29, 1.82) is 0 Å². The maximum atomic E-state index is 12.4. The maximum absolute atomic E-state index is 12.4. The molecule has 0 spiro atoms. The van der Waals surface area contributed by atoms with Gasteiger partial charge in [0.1, 0.15) is 0 Å². The monoisotopic (exact) mass is 298 g/mol. The summed E-state index contributed by atoms with van der Waals surface area (Å²) in [5.74, 6) is 0.202. The highest BCUT2D eigenvalue weighted by molar-refractivity contribution is 8.00. The first-order valence-electron chi connectivity index (χ1n) is 6.59. The number of hydrogen-bond donors (Lipinski definition) is 1. The Balaban J connectivity index is 1.97. The summed E-state index contributed by atoms with van der Waals surface area (Å²) in [6.45, 7) is 5.48. The minimum atomic E-state index is -0.0991. The zero-order valence-corrected chi connectivity index (χ0v) is 12.6. The number of benzene rings is 1.